The van der Waals surface area contributed by atoms with Crippen LogP contribution in [0.1, 0.15) is 11.1 Å². The molecule has 0 unspecified atom stereocenters. The number of fused-ring (bicyclic) bond motifs is 1. The van der Waals surface area contributed by atoms with Gasteiger partial charge < -0.3 is 5.32 Å². The third kappa shape index (κ3) is 3.36. The molecule has 2 aromatic rings. The van der Waals surface area contributed by atoms with E-state index >= 15 is 0 Å². The zero-order valence-corrected chi connectivity index (χ0v) is 13.3. The summed E-state index contributed by atoms with van der Waals surface area (Å²) in [5.74, 6) is 0. The monoisotopic (exact) mass is 347 g/mol. The van der Waals surface area contributed by atoms with Gasteiger partial charge in [-0.15, -0.1) is 0 Å². The van der Waals surface area contributed by atoms with Crippen LogP contribution in [0.2, 0.25) is 10.0 Å². The summed E-state index contributed by atoms with van der Waals surface area (Å²) in [5, 5.41) is 14.9. The highest BCUT2D eigenvalue weighted by Gasteiger charge is 2.19. The number of nitro groups is 1. The topological polar surface area (TPSA) is 67.5 Å². The molecule has 1 aliphatic heterocycles. The molecule has 0 fully saturated rings. The molecule has 1 heterocycles. The second-order valence-corrected chi connectivity index (χ2v) is 5.74. The number of hydrogen-bond acceptors (Lipinski definition) is 4. The molecule has 5 nitrogen and oxygen atoms in total. The summed E-state index contributed by atoms with van der Waals surface area (Å²) in [6.07, 6.45) is 0.914. The molecule has 0 aromatic heterocycles. The lowest BCUT2D eigenvalue weighted by Gasteiger charge is -2.12. The minimum atomic E-state index is -0.506. The van der Waals surface area contributed by atoms with Crippen molar-refractivity contribution in [1.29, 1.82) is 0 Å². The first-order valence-corrected chi connectivity index (χ1v) is 7.50. The Labute approximate surface area is 142 Å². The normalized spacial score (nSPS) is 15.4. The van der Waals surface area contributed by atoms with E-state index in [-0.39, 0.29) is 6.54 Å². The Morgan fingerprint density at radius 1 is 1.17 bits per heavy atom. The van der Waals surface area contributed by atoms with Gasteiger partial charge in [-0.25, -0.2) is 0 Å². The molecule has 0 amide bonds. The van der Waals surface area contributed by atoms with E-state index in [0.29, 0.717) is 27.1 Å². The number of hydrogen-bond donors (Lipinski definition) is 1. The van der Waals surface area contributed by atoms with Crippen molar-refractivity contribution in [1.82, 2.24) is 0 Å². The lowest BCUT2D eigenvalue weighted by atomic mass is 10.0. The molecular weight excluding hydrogens is 337 g/mol. The third-order valence-electron chi connectivity index (χ3n) is 3.33. The first kappa shape index (κ1) is 15.5. The first-order chi connectivity index (χ1) is 11.0. The Balaban J connectivity index is 2.19. The number of halogens is 2. The molecule has 0 saturated carbocycles. The maximum absolute atomic E-state index is 10.7. The highest BCUT2D eigenvalue weighted by molar-refractivity contribution is 6.36. The summed E-state index contributed by atoms with van der Waals surface area (Å²) in [6, 6.07) is 12.6. The molecule has 0 saturated heterocycles. The number of aliphatic imine (C=N–C) groups is 1. The fourth-order valence-electron chi connectivity index (χ4n) is 2.37. The minimum Gasteiger partial charge on any atom is -0.352 e. The summed E-state index contributed by atoms with van der Waals surface area (Å²) in [5.41, 5.74) is 3.23. The molecule has 0 radical (unpaired) electrons. The fraction of sp³-hybridized carbons (Fsp3) is 0.0625. The number of anilines is 1. The van der Waals surface area contributed by atoms with Crippen LogP contribution in [0.25, 0.3) is 0 Å². The van der Waals surface area contributed by atoms with Crippen LogP contribution < -0.4 is 5.32 Å². The molecule has 2 aromatic carbocycles. The second kappa shape index (κ2) is 6.40. The Morgan fingerprint density at radius 2 is 1.96 bits per heavy atom. The zero-order chi connectivity index (χ0) is 16.4. The fourth-order valence-corrected chi connectivity index (χ4v) is 2.76. The lowest BCUT2D eigenvalue weighted by molar-refractivity contribution is -0.403. The van der Waals surface area contributed by atoms with Crippen LogP contribution in [-0.4, -0.2) is 17.2 Å². The van der Waals surface area contributed by atoms with Crippen molar-refractivity contribution in [3.63, 3.8) is 0 Å². The molecule has 1 aliphatic rings. The second-order valence-electron chi connectivity index (χ2n) is 4.90. The van der Waals surface area contributed by atoms with Crippen molar-refractivity contribution in [2.24, 2.45) is 4.99 Å². The molecule has 116 valence electrons. The summed E-state index contributed by atoms with van der Waals surface area (Å²) >= 11 is 12.4. The molecule has 3 rings (SSSR count). The Kier molecular flexibility index (Phi) is 4.32. The highest BCUT2D eigenvalue weighted by Crippen LogP contribution is 2.30. The number of nitrogens with one attached hydrogen (secondary N) is 1. The van der Waals surface area contributed by atoms with E-state index in [0.717, 1.165) is 17.3 Å². The van der Waals surface area contributed by atoms with Gasteiger partial charge in [-0.3, -0.25) is 15.1 Å². The van der Waals surface area contributed by atoms with Gasteiger partial charge in [-0.2, -0.15) is 0 Å². The van der Waals surface area contributed by atoms with Gasteiger partial charge in [0.2, 0.25) is 0 Å². The van der Waals surface area contributed by atoms with Gasteiger partial charge in [-0.1, -0.05) is 41.4 Å². The van der Waals surface area contributed by atoms with Gasteiger partial charge >= 0.3 is 0 Å². The van der Waals surface area contributed by atoms with Crippen LogP contribution in [0.3, 0.4) is 0 Å². The van der Waals surface area contributed by atoms with Crippen LogP contribution in [0, 0.1) is 10.1 Å². The average molecular weight is 348 g/mol. The summed E-state index contributed by atoms with van der Waals surface area (Å²) in [4.78, 5) is 14.8. The molecule has 1 N–H and O–H groups in total. The first-order valence-electron chi connectivity index (χ1n) is 6.75. The molecular formula is C16H11Cl2N3O2. The van der Waals surface area contributed by atoms with Crippen molar-refractivity contribution in [2.45, 2.75) is 0 Å². The molecule has 0 aliphatic carbocycles. The van der Waals surface area contributed by atoms with Gasteiger partial charge in [0.1, 0.15) is 5.70 Å². The molecule has 0 atom stereocenters. The zero-order valence-electron chi connectivity index (χ0n) is 11.8. The van der Waals surface area contributed by atoms with Crippen LogP contribution in [0.15, 0.2) is 59.4 Å². The van der Waals surface area contributed by atoms with Gasteiger partial charge in [0, 0.05) is 26.9 Å². The predicted octanol–water partition coefficient (Wildman–Crippen LogP) is 4.37. The van der Waals surface area contributed by atoms with Gasteiger partial charge in [0.15, 0.2) is 0 Å². The number of benzodiazepines with no additional fused rings is 1. The van der Waals surface area contributed by atoms with Crippen molar-refractivity contribution in [3.8, 4) is 0 Å². The average Bonchev–Trinajstić information content (AvgIpc) is 2.66. The largest absolute Gasteiger partial charge is 0.352 e. The minimum absolute atomic E-state index is 0.147. The van der Waals surface area contributed by atoms with Crippen molar-refractivity contribution < 1.29 is 4.92 Å². The van der Waals surface area contributed by atoms with E-state index in [4.69, 9.17) is 23.2 Å². The smallest absolute Gasteiger partial charge is 0.255 e. The van der Waals surface area contributed by atoms with Gasteiger partial charge in [-0.05, 0) is 24.3 Å². The molecule has 0 spiro atoms. The highest BCUT2D eigenvalue weighted by atomic mass is 35.5. The van der Waals surface area contributed by atoms with Crippen LogP contribution in [-0.2, 0) is 0 Å². The van der Waals surface area contributed by atoms with E-state index in [9.17, 15) is 10.1 Å². The van der Waals surface area contributed by atoms with Crippen molar-refractivity contribution >= 4 is 34.6 Å². The molecule has 0 bridgehead atoms. The van der Waals surface area contributed by atoms with Crippen LogP contribution in [0.5, 0.6) is 0 Å². The van der Waals surface area contributed by atoms with Crippen LogP contribution >= 0.6 is 23.2 Å². The van der Waals surface area contributed by atoms with Crippen molar-refractivity contribution in [2.75, 3.05) is 11.9 Å². The van der Waals surface area contributed by atoms with E-state index < -0.39 is 4.92 Å². The summed E-state index contributed by atoms with van der Waals surface area (Å²) in [6.45, 7) is 0.147. The summed E-state index contributed by atoms with van der Waals surface area (Å²) in [7, 11) is 0. The Bertz CT molecular complexity index is 847. The quantitative estimate of drug-likeness (QED) is 0.647. The number of rotatable bonds is 2. The van der Waals surface area contributed by atoms with E-state index in [1.165, 1.54) is 0 Å². The Morgan fingerprint density at radius 3 is 2.70 bits per heavy atom. The SMILES string of the molecule is O=[N+]([O-])/C=C1/CN=C(c2ccccc2Cl)c2cc(Cl)ccc2N1. The van der Waals surface area contributed by atoms with Crippen LogP contribution in [0.4, 0.5) is 5.69 Å². The van der Waals surface area contributed by atoms with Crippen molar-refractivity contribution in [3.05, 3.63) is 85.6 Å². The van der Waals surface area contributed by atoms with E-state index in [1.807, 2.05) is 18.2 Å². The molecule has 23 heavy (non-hydrogen) atoms. The van der Waals surface area contributed by atoms with Gasteiger partial charge in [0.05, 0.1) is 17.2 Å². The lowest BCUT2D eigenvalue weighted by Crippen LogP contribution is -2.06. The number of nitrogens with zero attached hydrogens (tertiary/aromatic N) is 2. The van der Waals surface area contributed by atoms with Gasteiger partial charge in [0.25, 0.3) is 6.20 Å². The Hall–Kier alpha value is -2.37. The van der Waals surface area contributed by atoms with E-state index in [1.54, 1.807) is 24.3 Å². The molecule has 7 heteroatoms. The third-order valence-corrected chi connectivity index (χ3v) is 3.89. The number of benzene rings is 2. The summed E-state index contributed by atoms with van der Waals surface area (Å²) < 4.78 is 0. The van der Waals surface area contributed by atoms with E-state index in [2.05, 4.69) is 10.3 Å². The predicted molar refractivity (Wildman–Crippen MR) is 92.1 cm³/mol. The maximum Gasteiger partial charge on any atom is 0.255 e. The standard InChI is InChI=1S/C16H11Cl2N3O2/c17-10-5-6-15-13(7-10)16(12-3-1-2-4-14(12)18)19-8-11(20-15)9-21(22)23/h1-7,9,20H,8H2/b11-9-. The maximum atomic E-state index is 10.7.